The second-order valence-corrected chi connectivity index (χ2v) is 8.74. The number of methoxy groups -OCH3 is 1. The van der Waals surface area contributed by atoms with Crippen LogP contribution >= 0.6 is 0 Å². The third kappa shape index (κ3) is 5.22. The first-order valence-electron chi connectivity index (χ1n) is 9.48. The highest BCUT2D eigenvalue weighted by atomic mass is 32.2. The van der Waals surface area contributed by atoms with E-state index in [2.05, 4.69) is 5.32 Å². The molecule has 0 aliphatic rings. The zero-order chi connectivity index (χ0) is 23.3. The molecule has 1 amide bonds. The molecule has 166 valence electrons. The SMILES string of the molecule is COc1cccc(N(CC(=O)Nc2cccc([N+](=O)[O-])c2)S(=O)(=O)c2ccc(C)cc2)c1. The van der Waals surface area contributed by atoms with E-state index in [0.29, 0.717) is 5.75 Å². The second kappa shape index (κ2) is 9.48. The molecule has 0 radical (unpaired) electrons. The smallest absolute Gasteiger partial charge is 0.271 e. The average molecular weight is 455 g/mol. The van der Waals surface area contributed by atoms with Gasteiger partial charge >= 0.3 is 0 Å². The molecule has 32 heavy (non-hydrogen) atoms. The summed E-state index contributed by atoms with van der Waals surface area (Å²) in [6.45, 7) is 1.29. The van der Waals surface area contributed by atoms with Crippen molar-refractivity contribution < 1.29 is 22.9 Å². The average Bonchev–Trinajstić information content (AvgIpc) is 2.78. The van der Waals surface area contributed by atoms with Gasteiger partial charge in [0, 0.05) is 23.9 Å². The van der Waals surface area contributed by atoms with E-state index in [1.165, 1.54) is 49.6 Å². The number of nitro groups is 1. The van der Waals surface area contributed by atoms with Crippen molar-refractivity contribution in [1.82, 2.24) is 0 Å². The summed E-state index contributed by atoms with van der Waals surface area (Å²) < 4.78 is 32.9. The summed E-state index contributed by atoms with van der Waals surface area (Å²) in [5, 5.41) is 13.5. The number of carbonyl (C=O) groups excluding carboxylic acids is 1. The van der Waals surface area contributed by atoms with Gasteiger partial charge in [0.05, 0.1) is 22.6 Å². The largest absolute Gasteiger partial charge is 0.497 e. The Kier molecular flexibility index (Phi) is 6.74. The topological polar surface area (TPSA) is 119 Å². The van der Waals surface area contributed by atoms with Crippen molar-refractivity contribution >= 4 is 33.0 Å². The molecule has 0 unspecified atom stereocenters. The molecule has 0 aliphatic carbocycles. The van der Waals surface area contributed by atoms with E-state index >= 15 is 0 Å². The van der Waals surface area contributed by atoms with Gasteiger partial charge in [-0.05, 0) is 37.3 Å². The van der Waals surface area contributed by atoms with Gasteiger partial charge in [-0.15, -0.1) is 0 Å². The molecule has 0 saturated carbocycles. The first-order chi connectivity index (χ1) is 15.2. The molecule has 0 atom stereocenters. The Balaban J connectivity index is 1.95. The zero-order valence-electron chi connectivity index (χ0n) is 17.4. The van der Waals surface area contributed by atoms with Gasteiger partial charge in [-0.2, -0.15) is 0 Å². The van der Waals surface area contributed by atoms with E-state index in [1.54, 1.807) is 30.3 Å². The lowest BCUT2D eigenvalue weighted by Gasteiger charge is -2.24. The number of rotatable bonds is 8. The van der Waals surface area contributed by atoms with Crippen LogP contribution in [-0.2, 0) is 14.8 Å². The first-order valence-corrected chi connectivity index (χ1v) is 10.9. The molecule has 9 nitrogen and oxygen atoms in total. The molecule has 0 fully saturated rings. The number of carbonyl (C=O) groups is 1. The zero-order valence-corrected chi connectivity index (χ0v) is 18.2. The van der Waals surface area contributed by atoms with E-state index in [0.717, 1.165) is 9.87 Å². The number of aryl methyl sites for hydroxylation is 1. The minimum absolute atomic E-state index is 0.0223. The van der Waals surface area contributed by atoms with E-state index in [4.69, 9.17) is 4.74 Å². The van der Waals surface area contributed by atoms with Gasteiger partial charge < -0.3 is 10.1 Å². The van der Waals surface area contributed by atoms with Crippen LogP contribution in [0, 0.1) is 17.0 Å². The summed E-state index contributed by atoms with van der Waals surface area (Å²) in [6.07, 6.45) is 0. The van der Waals surface area contributed by atoms with Crippen LogP contribution in [0.15, 0.2) is 77.7 Å². The Labute approximate surface area is 185 Å². The van der Waals surface area contributed by atoms with Crippen molar-refractivity contribution in [3.8, 4) is 5.75 Å². The summed E-state index contributed by atoms with van der Waals surface area (Å²) in [7, 11) is -2.64. The van der Waals surface area contributed by atoms with Gasteiger partial charge in [-0.1, -0.05) is 29.8 Å². The van der Waals surface area contributed by atoms with E-state index in [-0.39, 0.29) is 22.0 Å². The van der Waals surface area contributed by atoms with Gasteiger partial charge in [0.15, 0.2) is 0 Å². The number of sulfonamides is 1. The molecule has 0 aliphatic heterocycles. The summed E-state index contributed by atoms with van der Waals surface area (Å²) in [6, 6.07) is 18.0. The van der Waals surface area contributed by atoms with Gasteiger partial charge in [-0.25, -0.2) is 8.42 Å². The highest BCUT2D eigenvalue weighted by Crippen LogP contribution is 2.27. The minimum atomic E-state index is -4.10. The molecular formula is C22H21N3O6S. The highest BCUT2D eigenvalue weighted by molar-refractivity contribution is 7.92. The quantitative estimate of drug-likeness (QED) is 0.408. The number of hydrogen-bond donors (Lipinski definition) is 1. The van der Waals surface area contributed by atoms with Crippen LogP contribution in [0.5, 0.6) is 5.75 Å². The molecule has 0 aromatic heterocycles. The Morgan fingerprint density at radius 1 is 1.06 bits per heavy atom. The number of anilines is 2. The number of non-ortho nitro benzene ring substituents is 1. The van der Waals surface area contributed by atoms with Crippen molar-refractivity contribution in [1.29, 1.82) is 0 Å². The van der Waals surface area contributed by atoms with Crippen molar-refractivity contribution in [2.75, 3.05) is 23.3 Å². The number of nitrogens with zero attached hydrogens (tertiary/aromatic N) is 2. The van der Waals surface area contributed by atoms with Crippen LogP contribution in [0.2, 0.25) is 0 Å². The molecule has 0 spiro atoms. The van der Waals surface area contributed by atoms with Gasteiger partial charge in [0.1, 0.15) is 12.3 Å². The molecule has 3 aromatic rings. The summed E-state index contributed by atoms with van der Waals surface area (Å²) in [5.41, 5.74) is 1.11. The molecule has 3 rings (SSSR count). The number of nitro benzene ring substituents is 1. The third-order valence-electron chi connectivity index (χ3n) is 4.58. The summed E-state index contributed by atoms with van der Waals surface area (Å²) in [5.74, 6) is -0.241. The number of nitrogens with one attached hydrogen (secondary N) is 1. The Bertz CT molecular complexity index is 1240. The molecular weight excluding hydrogens is 434 g/mol. The van der Waals surface area contributed by atoms with Crippen molar-refractivity contribution in [2.24, 2.45) is 0 Å². The van der Waals surface area contributed by atoms with Gasteiger partial charge in [0.25, 0.3) is 15.7 Å². The normalized spacial score (nSPS) is 10.9. The maximum Gasteiger partial charge on any atom is 0.271 e. The van der Waals surface area contributed by atoms with Crippen LogP contribution in [0.25, 0.3) is 0 Å². The summed E-state index contributed by atoms with van der Waals surface area (Å²) in [4.78, 5) is 23.2. The first kappa shape index (κ1) is 22.8. The van der Waals surface area contributed by atoms with Gasteiger partial charge in [-0.3, -0.25) is 19.2 Å². The molecule has 1 N–H and O–H groups in total. The fraction of sp³-hybridized carbons (Fsp3) is 0.136. The number of hydrogen-bond acceptors (Lipinski definition) is 6. The maximum atomic E-state index is 13.4. The fourth-order valence-electron chi connectivity index (χ4n) is 2.95. The monoisotopic (exact) mass is 455 g/mol. The van der Waals surface area contributed by atoms with Crippen molar-refractivity contribution in [2.45, 2.75) is 11.8 Å². The summed E-state index contributed by atoms with van der Waals surface area (Å²) >= 11 is 0. The lowest BCUT2D eigenvalue weighted by atomic mass is 10.2. The number of ether oxygens (including phenoxy) is 1. The Morgan fingerprint density at radius 3 is 2.41 bits per heavy atom. The number of amides is 1. The molecule has 3 aromatic carbocycles. The van der Waals surface area contributed by atoms with E-state index in [9.17, 15) is 23.3 Å². The van der Waals surface area contributed by atoms with E-state index in [1.807, 2.05) is 6.92 Å². The van der Waals surface area contributed by atoms with Gasteiger partial charge in [0.2, 0.25) is 5.91 Å². The molecule has 10 heteroatoms. The van der Waals surface area contributed by atoms with Crippen LogP contribution < -0.4 is 14.4 Å². The molecule has 0 saturated heterocycles. The molecule has 0 heterocycles. The van der Waals surface area contributed by atoms with Crippen LogP contribution in [0.3, 0.4) is 0 Å². The fourth-order valence-corrected chi connectivity index (χ4v) is 4.36. The second-order valence-electron chi connectivity index (χ2n) is 6.88. The van der Waals surface area contributed by atoms with Crippen LogP contribution in [-0.4, -0.2) is 32.9 Å². The highest BCUT2D eigenvalue weighted by Gasteiger charge is 2.27. The Hall–Kier alpha value is -3.92. The predicted molar refractivity (Wildman–Crippen MR) is 120 cm³/mol. The lowest BCUT2D eigenvalue weighted by Crippen LogP contribution is -2.38. The predicted octanol–water partition coefficient (Wildman–Crippen LogP) is 3.75. The van der Waals surface area contributed by atoms with E-state index < -0.39 is 27.4 Å². The minimum Gasteiger partial charge on any atom is -0.497 e. The Morgan fingerprint density at radius 2 is 1.75 bits per heavy atom. The van der Waals surface area contributed by atoms with Crippen molar-refractivity contribution in [3.05, 3.63) is 88.5 Å². The lowest BCUT2D eigenvalue weighted by molar-refractivity contribution is -0.384. The number of benzene rings is 3. The third-order valence-corrected chi connectivity index (χ3v) is 6.37. The molecule has 0 bridgehead atoms. The standard InChI is InChI=1S/C22H21N3O6S/c1-16-9-11-21(12-10-16)32(29,30)24(18-6-4-8-20(14-18)31-2)15-22(26)23-17-5-3-7-19(13-17)25(27)28/h3-14H,15H2,1-2H3,(H,23,26). The van der Waals surface area contributed by atoms with Crippen molar-refractivity contribution in [3.63, 3.8) is 0 Å². The maximum absolute atomic E-state index is 13.4. The van der Waals surface area contributed by atoms with Crippen LogP contribution in [0.1, 0.15) is 5.56 Å². The van der Waals surface area contributed by atoms with Crippen LogP contribution in [0.4, 0.5) is 17.1 Å².